The minimum Gasteiger partial charge on any atom is -0.399 e. The molecule has 1 aromatic heterocycles. The number of carbonyl (C=O) groups excluding carboxylic acids is 1. The number of carbonyl (C=O) groups is 1. The highest BCUT2D eigenvalue weighted by Crippen LogP contribution is 2.37. The van der Waals surface area contributed by atoms with E-state index in [4.69, 9.17) is 15.6 Å². The molecule has 1 amide bonds. The summed E-state index contributed by atoms with van der Waals surface area (Å²) in [6, 6.07) is 18.1. The molecule has 2 heterocycles. The highest BCUT2D eigenvalue weighted by Gasteiger charge is 2.40. The average molecular weight is 553 g/mol. The number of nitrogens with two attached hydrogens (primary N) is 1. The van der Waals surface area contributed by atoms with Crippen LogP contribution < -0.4 is 5.73 Å². The van der Waals surface area contributed by atoms with Gasteiger partial charge in [0.25, 0.3) is 5.91 Å². The minimum atomic E-state index is -0.742. The molecule has 5 rings (SSSR count). The number of nitrogen functional groups attached to an aromatic ring is 1. The Hall–Kier alpha value is -3.56. The third kappa shape index (κ3) is 4.76. The van der Waals surface area contributed by atoms with Gasteiger partial charge in [-0.1, -0.05) is 22.0 Å². The number of amides is 1. The number of nitrogens with zero attached hydrogens (tertiary/aromatic N) is 3. The second-order valence-corrected chi connectivity index (χ2v) is 9.54. The van der Waals surface area contributed by atoms with Crippen molar-refractivity contribution in [1.82, 2.24) is 14.7 Å². The molecular weight excluding hydrogens is 530 g/mol. The number of halogens is 3. The highest BCUT2D eigenvalue weighted by molar-refractivity contribution is 9.10. The van der Waals surface area contributed by atoms with E-state index in [0.29, 0.717) is 28.1 Å². The monoisotopic (exact) mass is 552 g/mol. The molecule has 1 aliphatic rings. The zero-order valence-electron chi connectivity index (χ0n) is 19.4. The van der Waals surface area contributed by atoms with Gasteiger partial charge in [0.05, 0.1) is 5.69 Å². The first-order valence-corrected chi connectivity index (χ1v) is 12.2. The minimum absolute atomic E-state index is 0.197. The lowest BCUT2D eigenvalue weighted by Crippen LogP contribution is -2.32. The van der Waals surface area contributed by atoms with Crippen molar-refractivity contribution in [2.45, 2.75) is 25.7 Å². The fourth-order valence-electron chi connectivity index (χ4n) is 4.28. The van der Waals surface area contributed by atoms with E-state index in [9.17, 15) is 13.6 Å². The molecule has 3 aromatic carbocycles. The maximum Gasteiger partial charge on any atom is 0.253 e. The molecule has 2 atom stereocenters. The Balaban J connectivity index is 1.53. The van der Waals surface area contributed by atoms with Crippen molar-refractivity contribution in [2.24, 2.45) is 0 Å². The van der Waals surface area contributed by atoms with Crippen LogP contribution in [-0.4, -0.2) is 33.2 Å². The summed E-state index contributed by atoms with van der Waals surface area (Å²) in [6.45, 7) is 1.93. The van der Waals surface area contributed by atoms with Crippen LogP contribution in [0.4, 0.5) is 14.5 Å². The summed E-state index contributed by atoms with van der Waals surface area (Å²) >= 11 is 3.44. The molecule has 0 spiro atoms. The van der Waals surface area contributed by atoms with E-state index in [-0.39, 0.29) is 24.7 Å². The molecule has 1 fully saturated rings. The number of anilines is 1. The van der Waals surface area contributed by atoms with Gasteiger partial charge in [0.15, 0.2) is 6.23 Å². The molecule has 0 unspecified atom stereocenters. The first-order chi connectivity index (χ1) is 17.3. The summed E-state index contributed by atoms with van der Waals surface area (Å²) in [5, 5.41) is 4.77. The van der Waals surface area contributed by atoms with Crippen molar-refractivity contribution >= 4 is 27.5 Å². The van der Waals surface area contributed by atoms with Gasteiger partial charge >= 0.3 is 0 Å². The fourth-order valence-corrected chi connectivity index (χ4v) is 4.54. The number of hydrogen-bond acceptors (Lipinski definition) is 4. The topological polar surface area (TPSA) is 73.4 Å². The molecular formula is C27H23BrF2N4O2. The maximum absolute atomic E-state index is 14.4. The van der Waals surface area contributed by atoms with Crippen molar-refractivity contribution < 1.29 is 18.3 Å². The van der Waals surface area contributed by atoms with Crippen molar-refractivity contribution in [3.8, 4) is 16.9 Å². The molecule has 0 aliphatic carbocycles. The molecule has 1 saturated heterocycles. The predicted molar refractivity (Wildman–Crippen MR) is 136 cm³/mol. The smallest absolute Gasteiger partial charge is 0.253 e. The Labute approximate surface area is 215 Å². The van der Waals surface area contributed by atoms with E-state index < -0.39 is 18.1 Å². The van der Waals surface area contributed by atoms with Gasteiger partial charge in [0, 0.05) is 34.0 Å². The second kappa shape index (κ2) is 9.83. The molecule has 184 valence electrons. The molecule has 0 radical (unpaired) electrons. The molecule has 1 aliphatic heterocycles. The van der Waals surface area contributed by atoms with Gasteiger partial charge in [0.1, 0.15) is 23.4 Å². The number of ether oxygens (including phenoxy) is 1. The van der Waals surface area contributed by atoms with Gasteiger partial charge in [-0.2, -0.15) is 5.10 Å². The Morgan fingerprint density at radius 2 is 1.78 bits per heavy atom. The lowest BCUT2D eigenvalue weighted by molar-refractivity contribution is -0.130. The molecule has 4 aromatic rings. The lowest BCUT2D eigenvalue weighted by Gasteiger charge is -2.23. The summed E-state index contributed by atoms with van der Waals surface area (Å²) in [4.78, 5) is 14.7. The van der Waals surface area contributed by atoms with Gasteiger partial charge in [-0.25, -0.2) is 13.5 Å². The number of rotatable bonds is 6. The molecule has 9 heteroatoms. The molecule has 36 heavy (non-hydrogen) atoms. The SMILES string of the molecule is C[C@@H]1O[C@@H](c2cn(-c3ccc(Br)cc3)nc2-c2ccc(F)cc2)N(CCc2ccc(N)cc2F)C1=O. The number of hydrogen-bond donors (Lipinski definition) is 1. The Morgan fingerprint density at radius 1 is 1.06 bits per heavy atom. The Bertz CT molecular complexity index is 1410. The van der Waals surface area contributed by atoms with Crippen LogP contribution in [0.5, 0.6) is 0 Å². The fraction of sp³-hybridized carbons (Fsp3) is 0.185. The van der Waals surface area contributed by atoms with E-state index in [2.05, 4.69) is 15.9 Å². The van der Waals surface area contributed by atoms with Gasteiger partial charge in [-0.3, -0.25) is 4.79 Å². The van der Waals surface area contributed by atoms with Crippen molar-refractivity contribution in [1.29, 1.82) is 0 Å². The third-order valence-electron chi connectivity index (χ3n) is 6.16. The van der Waals surface area contributed by atoms with Crippen LogP contribution in [-0.2, 0) is 16.0 Å². The van der Waals surface area contributed by atoms with Gasteiger partial charge in [-0.15, -0.1) is 0 Å². The van der Waals surface area contributed by atoms with Crippen LogP contribution >= 0.6 is 15.9 Å². The average Bonchev–Trinajstić information content (AvgIpc) is 3.41. The van der Waals surface area contributed by atoms with Gasteiger partial charge in [-0.05, 0) is 79.6 Å². The third-order valence-corrected chi connectivity index (χ3v) is 6.69. The zero-order chi connectivity index (χ0) is 25.4. The summed E-state index contributed by atoms with van der Waals surface area (Å²) in [7, 11) is 0. The Kier molecular flexibility index (Phi) is 6.59. The lowest BCUT2D eigenvalue weighted by atomic mass is 10.1. The summed E-state index contributed by atoms with van der Waals surface area (Å²) < 4.78 is 36.8. The van der Waals surface area contributed by atoms with Crippen LogP contribution in [0.15, 0.2) is 77.4 Å². The van der Waals surface area contributed by atoms with Crippen molar-refractivity contribution in [2.75, 3.05) is 12.3 Å². The summed E-state index contributed by atoms with van der Waals surface area (Å²) in [5.74, 6) is -0.972. The van der Waals surface area contributed by atoms with Gasteiger partial charge < -0.3 is 15.4 Å². The predicted octanol–water partition coefficient (Wildman–Crippen LogP) is 5.65. The van der Waals surface area contributed by atoms with Crippen molar-refractivity contribution in [3.05, 3.63) is 100 Å². The quantitative estimate of drug-likeness (QED) is 0.313. The molecule has 6 nitrogen and oxygen atoms in total. The summed E-state index contributed by atoms with van der Waals surface area (Å²) in [5.41, 5.74) is 9.17. The molecule has 0 bridgehead atoms. The first-order valence-electron chi connectivity index (χ1n) is 11.4. The van der Waals surface area contributed by atoms with E-state index in [1.54, 1.807) is 40.8 Å². The summed E-state index contributed by atoms with van der Waals surface area (Å²) in [6.07, 6.45) is 0.684. The van der Waals surface area contributed by atoms with Crippen LogP contribution in [0.25, 0.3) is 16.9 Å². The molecule has 0 saturated carbocycles. The molecule has 2 N–H and O–H groups in total. The van der Waals surface area contributed by atoms with E-state index >= 15 is 0 Å². The van der Waals surface area contributed by atoms with Crippen molar-refractivity contribution in [3.63, 3.8) is 0 Å². The van der Waals surface area contributed by atoms with Crippen LogP contribution in [0.1, 0.15) is 24.3 Å². The first kappa shape index (κ1) is 24.1. The van der Waals surface area contributed by atoms with E-state index in [1.165, 1.54) is 18.2 Å². The number of benzene rings is 3. The normalized spacial score (nSPS) is 17.7. The van der Waals surface area contributed by atoms with E-state index in [1.807, 2.05) is 30.5 Å². The Morgan fingerprint density at radius 3 is 2.47 bits per heavy atom. The van der Waals surface area contributed by atoms with Crippen LogP contribution in [0.3, 0.4) is 0 Å². The highest BCUT2D eigenvalue weighted by atomic mass is 79.9. The van der Waals surface area contributed by atoms with Crippen LogP contribution in [0.2, 0.25) is 0 Å². The zero-order valence-corrected chi connectivity index (χ0v) is 21.0. The van der Waals surface area contributed by atoms with E-state index in [0.717, 1.165) is 10.2 Å². The number of aromatic nitrogens is 2. The maximum atomic E-state index is 14.4. The van der Waals surface area contributed by atoms with Crippen LogP contribution in [0, 0.1) is 11.6 Å². The standard InChI is InChI=1S/C27H23BrF2N4O2/c1-16-26(35)33(13-12-17-4-9-21(31)14-24(17)30)27(36-16)23-15-34(22-10-5-19(28)6-11-22)32-25(23)18-2-7-20(29)8-3-18/h2-11,14-16,27H,12-13,31H2,1H3/t16-,27-/m0/s1. The van der Waals surface area contributed by atoms with Gasteiger partial charge in [0.2, 0.25) is 0 Å². The second-order valence-electron chi connectivity index (χ2n) is 8.62. The largest absolute Gasteiger partial charge is 0.399 e.